The Morgan fingerprint density at radius 1 is 1.28 bits per heavy atom. The number of methoxy groups -OCH3 is 1. The molecule has 0 aromatic heterocycles. The average Bonchev–Trinajstić information content (AvgIpc) is 2.40. The molecule has 2 N–H and O–H groups in total. The van der Waals surface area contributed by atoms with Crippen molar-refractivity contribution in [1.29, 1.82) is 0 Å². The molecule has 1 heterocycles. The first-order valence-electron chi connectivity index (χ1n) is 5.89. The van der Waals surface area contributed by atoms with Crippen LogP contribution in [0, 0.1) is 0 Å². The number of piperidine rings is 1. The van der Waals surface area contributed by atoms with Gasteiger partial charge in [0.05, 0.1) is 0 Å². The molecule has 5 heteroatoms. The van der Waals surface area contributed by atoms with Gasteiger partial charge in [0.2, 0.25) is 0 Å². The SMILES string of the molecule is COC1(C(=O)Nc2ccccc2)CCNCC1.Cl. The third kappa shape index (κ3) is 3.22. The molecule has 0 unspecified atom stereocenters. The molecule has 0 spiro atoms. The molecule has 2 rings (SSSR count). The molecule has 0 saturated carbocycles. The number of hydrogen-bond acceptors (Lipinski definition) is 3. The molecule has 1 aromatic rings. The fourth-order valence-electron chi connectivity index (χ4n) is 2.12. The number of nitrogens with one attached hydrogen (secondary N) is 2. The second-order valence-electron chi connectivity index (χ2n) is 4.27. The van der Waals surface area contributed by atoms with Crippen LogP contribution in [-0.2, 0) is 9.53 Å². The lowest BCUT2D eigenvalue weighted by Crippen LogP contribution is -2.51. The summed E-state index contributed by atoms with van der Waals surface area (Å²) < 4.78 is 5.46. The Kier molecular flexibility index (Phi) is 5.59. The van der Waals surface area contributed by atoms with Crippen molar-refractivity contribution >= 4 is 24.0 Å². The van der Waals surface area contributed by atoms with E-state index in [9.17, 15) is 4.79 Å². The monoisotopic (exact) mass is 270 g/mol. The highest BCUT2D eigenvalue weighted by Crippen LogP contribution is 2.24. The van der Waals surface area contributed by atoms with Crippen molar-refractivity contribution in [1.82, 2.24) is 5.32 Å². The number of carbonyl (C=O) groups excluding carboxylic acids is 1. The summed E-state index contributed by atoms with van der Waals surface area (Å²) >= 11 is 0. The van der Waals surface area contributed by atoms with Gasteiger partial charge in [0, 0.05) is 12.8 Å². The van der Waals surface area contributed by atoms with Gasteiger partial charge in [-0.25, -0.2) is 0 Å². The summed E-state index contributed by atoms with van der Waals surface area (Å²) in [6.45, 7) is 1.63. The van der Waals surface area contributed by atoms with E-state index in [0.717, 1.165) is 18.8 Å². The van der Waals surface area contributed by atoms with Crippen molar-refractivity contribution in [2.75, 3.05) is 25.5 Å². The van der Waals surface area contributed by atoms with Crippen LogP contribution in [-0.4, -0.2) is 31.7 Å². The number of halogens is 1. The van der Waals surface area contributed by atoms with Crippen LogP contribution in [0.25, 0.3) is 0 Å². The number of para-hydroxylation sites is 1. The largest absolute Gasteiger partial charge is 0.368 e. The Bertz CT molecular complexity index is 378. The lowest BCUT2D eigenvalue weighted by Gasteiger charge is -2.34. The smallest absolute Gasteiger partial charge is 0.256 e. The van der Waals surface area contributed by atoms with Crippen molar-refractivity contribution < 1.29 is 9.53 Å². The highest BCUT2D eigenvalue weighted by Gasteiger charge is 2.39. The second-order valence-corrected chi connectivity index (χ2v) is 4.27. The Balaban J connectivity index is 0.00000162. The van der Waals surface area contributed by atoms with Gasteiger partial charge < -0.3 is 15.4 Å². The minimum absolute atomic E-state index is 0. The number of anilines is 1. The normalized spacial score (nSPS) is 17.6. The molecule has 1 aliphatic heterocycles. The highest BCUT2D eigenvalue weighted by molar-refractivity contribution is 5.97. The Hall–Kier alpha value is -1.10. The molecule has 0 atom stereocenters. The highest BCUT2D eigenvalue weighted by atomic mass is 35.5. The van der Waals surface area contributed by atoms with Crippen LogP contribution in [0.2, 0.25) is 0 Å². The topological polar surface area (TPSA) is 50.4 Å². The molecule has 0 radical (unpaired) electrons. The zero-order chi connectivity index (χ0) is 12.1. The first kappa shape index (κ1) is 15.0. The molecule has 0 bridgehead atoms. The Morgan fingerprint density at radius 3 is 2.44 bits per heavy atom. The molecule has 0 aliphatic carbocycles. The van der Waals surface area contributed by atoms with Gasteiger partial charge in [0.25, 0.3) is 5.91 Å². The predicted octanol–water partition coefficient (Wildman–Crippen LogP) is 1.82. The maximum atomic E-state index is 12.3. The summed E-state index contributed by atoms with van der Waals surface area (Å²) in [7, 11) is 1.61. The minimum Gasteiger partial charge on any atom is -0.368 e. The number of ether oxygens (including phenoxy) is 1. The van der Waals surface area contributed by atoms with Crippen molar-refractivity contribution in [3.63, 3.8) is 0 Å². The third-order valence-corrected chi connectivity index (χ3v) is 3.25. The van der Waals surface area contributed by atoms with Crippen molar-refractivity contribution in [2.45, 2.75) is 18.4 Å². The van der Waals surface area contributed by atoms with E-state index in [0.29, 0.717) is 12.8 Å². The van der Waals surface area contributed by atoms with E-state index in [-0.39, 0.29) is 18.3 Å². The lowest BCUT2D eigenvalue weighted by molar-refractivity contribution is -0.140. The summed E-state index contributed by atoms with van der Waals surface area (Å²) in [6, 6.07) is 9.48. The van der Waals surface area contributed by atoms with Crippen molar-refractivity contribution in [3.8, 4) is 0 Å². The van der Waals surface area contributed by atoms with Crippen LogP contribution in [0.4, 0.5) is 5.69 Å². The number of amides is 1. The predicted molar refractivity (Wildman–Crippen MR) is 74.2 cm³/mol. The lowest BCUT2D eigenvalue weighted by atomic mass is 9.91. The number of benzene rings is 1. The van der Waals surface area contributed by atoms with Gasteiger partial charge in [-0.2, -0.15) is 0 Å². The standard InChI is InChI=1S/C13H18N2O2.ClH/c1-17-13(7-9-14-10-8-13)12(16)15-11-5-3-2-4-6-11;/h2-6,14H,7-10H2,1H3,(H,15,16);1H. The van der Waals surface area contributed by atoms with Crippen molar-refractivity contribution in [2.24, 2.45) is 0 Å². The fourth-order valence-corrected chi connectivity index (χ4v) is 2.12. The van der Waals surface area contributed by atoms with E-state index in [1.807, 2.05) is 30.3 Å². The summed E-state index contributed by atoms with van der Waals surface area (Å²) in [5, 5.41) is 6.14. The first-order chi connectivity index (χ1) is 8.27. The Labute approximate surface area is 114 Å². The van der Waals surface area contributed by atoms with Gasteiger partial charge in [-0.15, -0.1) is 12.4 Å². The summed E-state index contributed by atoms with van der Waals surface area (Å²) in [4.78, 5) is 12.3. The molecule has 18 heavy (non-hydrogen) atoms. The van der Waals surface area contributed by atoms with Crippen LogP contribution in [0.3, 0.4) is 0 Å². The second kappa shape index (κ2) is 6.73. The van der Waals surface area contributed by atoms with Crippen LogP contribution < -0.4 is 10.6 Å². The Morgan fingerprint density at radius 2 is 1.89 bits per heavy atom. The zero-order valence-corrected chi connectivity index (χ0v) is 11.3. The van der Waals surface area contributed by atoms with Gasteiger partial charge in [-0.05, 0) is 38.1 Å². The third-order valence-electron chi connectivity index (χ3n) is 3.25. The first-order valence-corrected chi connectivity index (χ1v) is 5.89. The van der Waals surface area contributed by atoms with Crippen LogP contribution >= 0.6 is 12.4 Å². The van der Waals surface area contributed by atoms with Crippen LogP contribution in [0.5, 0.6) is 0 Å². The van der Waals surface area contributed by atoms with Gasteiger partial charge in [-0.1, -0.05) is 18.2 Å². The maximum absolute atomic E-state index is 12.3. The fraction of sp³-hybridized carbons (Fsp3) is 0.462. The molecule has 100 valence electrons. The average molecular weight is 271 g/mol. The van der Waals surface area contributed by atoms with Gasteiger partial charge in [0.1, 0.15) is 5.60 Å². The van der Waals surface area contributed by atoms with E-state index >= 15 is 0 Å². The number of carbonyl (C=O) groups is 1. The van der Waals surface area contributed by atoms with Gasteiger partial charge in [0.15, 0.2) is 0 Å². The number of rotatable bonds is 3. The van der Waals surface area contributed by atoms with Gasteiger partial charge >= 0.3 is 0 Å². The summed E-state index contributed by atoms with van der Waals surface area (Å²) in [5.74, 6) is -0.0484. The van der Waals surface area contributed by atoms with Crippen LogP contribution in [0.1, 0.15) is 12.8 Å². The number of hydrogen-bond donors (Lipinski definition) is 2. The molecular weight excluding hydrogens is 252 g/mol. The van der Waals surface area contributed by atoms with Crippen LogP contribution in [0.15, 0.2) is 30.3 Å². The van der Waals surface area contributed by atoms with E-state index in [2.05, 4.69) is 10.6 Å². The summed E-state index contributed by atoms with van der Waals surface area (Å²) in [5.41, 5.74) is 0.133. The van der Waals surface area contributed by atoms with E-state index in [1.165, 1.54) is 0 Å². The van der Waals surface area contributed by atoms with E-state index < -0.39 is 5.60 Å². The molecular formula is C13H19ClN2O2. The molecule has 4 nitrogen and oxygen atoms in total. The molecule has 1 fully saturated rings. The zero-order valence-electron chi connectivity index (χ0n) is 10.4. The quantitative estimate of drug-likeness (QED) is 0.881. The molecule has 1 aromatic carbocycles. The molecule has 1 amide bonds. The van der Waals surface area contributed by atoms with E-state index in [4.69, 9.17) is 4.74 Å². The molecule has 1 saturated heterocycles. The van der Waals surface area contributed by atoms with Crippen molar-refractivity contribution in [3.05, 3.63) is 30.3 Å². The maximum Gasteiger partial charge on any atom is 0.256 e. The summed E-state index contributed by atoms with van der Waals surface area (Å²) in [6.07, 6.45) is 1.42. The van der Waals surface area contributed by atoms with Gasteiger partial charge in [-0.3, -0.25) is 4.79 Å². The van der Waals surface area contributed by atoms with E-state index in [1.54, 1.807) is 7.11 Å². The molecule has 1 aliphatic rings. The minimum atomic E-state index is -0.679.